The van der Waals surface area contributed by atoms with Crippen LogP contribution in [0.4, 0.5) is 0 Å². The molecule has 5 heteroatoms. The topological polar surface area (TPSA) is 53.4 Å². The van der Waals surface area contributed by atoms with Crippen molar-refractivity contribution < 1.29 is 9.90 Å². The fraction of sp³-hybridized carbons (Fsp3) is 0.161. The van der Waals surface area contributed by atoms with Gasteiger partial charge < -0.3 is 10.0 Å². The van der Waals surface area contributed by atoms with Crippen molar-refractivity contribution in [2.24, 2.45) is 0 Å². The summed E-state index contributed by atoms with van der Waals surface area (Å²) in [5.41, 5.74) is 0.455. The van der Waals surface area contributed by atoms with Crippen LogP contribution in [-0.4, -0.2) is 33.5 Å². The number of likely N-dealkylation sites (tertiary alicyclic amines) is 1. The largest absolute Gasteiger partial charge is 0.378 e. The van der Waals surface area contributed by atoms with Gasteiger partial charge in [0.25, 0.3) is 5.91 Å². The summed E-state index contributed by atoms with van der Waals surface area (Å²) in [6, 6.07) is 29.5. The molecule has 36 heavy (non-hydrogen) atoms. The molecule has 0 radical (unpaired) electrons. The van der Waals surface area contributed by atoms with E-state index in [0.717, 1.165) is 39.1 Å². The van der Waals surface area contributed by atoms with Gasteiger partial charge in [-0.05, 0) is 63.7 Å². The molecule has 5 aromatic rings. The van der Waals surface area contributed by atoms with Crippen molar-refractivity contribution in [1.82, 2.24) is 9.88 Å². The number of nitrogens with zero attached hydrogens (tertiary/aromatic N) is 2. The van der Waals surface area contributed by atoms with Crippen LogP contribution in [0.15, 0.2) is 103 Å². The minimum atomic E-state index is -1.42. The second-order valence-electron chi connectivity index (χ2n) is 9.40. The molecule has 0 bridgehead atoms. The van der Waals surface area contributed by atoms with Crippen molar-refractivity contribution >= 4 is 39.1 Å². The molecular formula is C31H25ClN2O2. The lowest BCUT2D eigenvalue weighted by atomic mass is 9.77. The van der Waals surface area contributed by atoms with Crippen molar-refractivity contribution in [3.05, 3.63) is 125 Å². The van der Waals surface area contributed by atoms with Crippen LogP contribution < -0.4 is 0 Å². The Labute approximate surface area is 214 Å². The maximum Gasteiger partial charge on any atom is 0.257 e. The van der Waals surface area contributed by atoms with Gasteiger partial charge >= 0.3 is 0 Å². The van der Waals surface area contributed by atoms with Gasteiger partial charge in [0, 0.05) is 18.9 Å². The van der Waals surface area contributed by atoms with Gasteiger partial charge in [-0.25, -0.2) is 0 Å². The fourth-order valence-corrected chi connectivity index (χ4v) is 5.72. The molecular weight excluding hydrogens is 468 g/mol. The Morgan fingerprint density at radius 2 is 1.44 bits per heavy atom. The monoisotopic (exact) mass is 492 g/mol. The van der Waals surface area contributed by atoms with E-state index in [9.17, 15) is 9.90 Å². The Morgan fingerprint density at radius 1 is 0.861 bits per heavy atom. The molecule has 1 saturated heterocycles. The summed E-state index contributed by atoms with van der Waals surface area (Å²) in [5.74, 6) is -0.212. The van der Waals surface area contributed by atoms with E-state index in [4.69, 9.17) is 11.6 Å². The van der Waals surface area contributed by atoms with Gasteiger partial charge in [0.1, 0.15) is 5.60 Å². The zero-order valence-electron chi connectivity index (χ0n) is 19.6. The van der Waals surface area contributed by atoms with E-state index in [1.54, 1.807) is 17.2 Å². The Bertz CT molecular complexity index is 1520. The molecule has 0 saturated carbocycles. The minimum absolute atomic E-state index is 0.212. The first kappa shape index (κ1) is 22.7. The number of benzene rings is 4. The summed E-state index contributed by atoms with van der Waals surface area (Å²) in [6.45, 7) is 0.540. The quantitative estimate of drug-likeness (QED) is 0.308. The maximum atomic E-state index is 13.7. The highest BCUT2D eigenvalue weighted by molar-refractivity contribution is 6.33. The summed E-state index contributed by atoms with van der Waals surface area (Å²) >= 11 is 6.37. The number of amides is 1. The molecule has 6 rings (SSSR count). The van der Waals surface area contributed by atoms with E-state index in [1.807, 2.05) is 72.8 Å². The molecule has 0 unspecified atom stereocenters. The van der Waals surface area contributed by atoms with Crippen LogP contribution in [0, 0.1) is 0 Å². The molecule has 0 spiro atoms. The number of aliphatic hydroxyl groups is 1. The van der Waals surface area contributed by atoms with Gasteiger partial charge in [0.15, 0.2) is 0 Å². The van der Waals surface area contributed by atoms with Crippen LogP contribution in [0.2, 0.25) is 5.02 Å². The van der Waals surface area contributed by atoms with E-state index in [0.29, 0.717) is 23.6 Å². The first-order chi connectivity index (χ1) is 17.6. The smallest absolute Gasteiger partial charge is 0.257 e. The van der Waals surface area contributed by atoms with Crippen LogP contribution in [0.3, 0.4) is 0 Å². The molecule has 4 nitrogen and oxygen atoms in total. The summed E-state index contributed by atoms with van der Waals surface area (Å²) in [4.78, 5) is 19.6. The van der Waals surface area contributed by atoms with Gasteiger partial charge in [-0.1, -0.05) is 84.4 Å². The van der Waals surface area contributed by atoms with E-state index in [-0.39, 0.29) is 5.91 Å². The van der Waals surface area contributed by atoms with E-state index in [1.165, 1.54) is 6.20 Å². The van der Waals surface area contributed by atoms with Crippen molar-refractivity contribution in [3.63, 3.8) is 0 Å². The Kier molecular flexibility index (Phi) is 5.71. The number of hydrogen-bond acceptors (Lipinski definition) is 3. The molecule has 4 aromatic carbocycles. The number of carbonyl (C=O) groups is 1. The summed E-state index contributed by atoms with van der Waals surface area (Å²) in [6.07, 6.45) is 4.53. The SMILES string of the molecule is O=C(c1cnccc1Cl)N1CCC[C@H]1C(O)(c1ccc2ccccc2c1)c1ccc2ccccc2c1. The number of aromatic nitrogens is 1. The van der Waals surface area contributed by atoms with Gasteiger partial charge in [0.2, 0.25) is 0 Å². The molecule has 0 aliphatic carbocycles. The van der Waals surface area contributed by atoms with E-state index < -0.39 is 11.6 Å². The highest BCUT2D eigenvalue weighted by Gasteiger charge is 2.47. The second-order valence-corrected chi connectivity index (χ2v) is 9.81. The number of carbonyl (C=O) groups excluding carboxylic acids is 1. The third kappa shape index (κ3) is 3.74. The van der Waals surface area contributed by atoms with Gasteiger partial charge in [-0.2, -0.15) is 0 Å². The van der Waals surface area contributed by atoms with Gasteiger partial charge in [-0.3, -0.25) is 9.78 Å². The molecule has 1 N–H and O–H groups in total. The average molecular weight is 493 g/mol. The van der Waals surface area contributed by atoms with Crippen LogP contribution in [-0.2, 0) is 5.60 Å². The van der Waals surface area contributed by atoms with Crippen LogP contribution in [0.1, 0.15) is 34.3 Å². The van der Waals surface area contributed by atoms with Crippen LogP contribution in [0.25, 0.3) is 21.5 Å². The van der Waals surface area contributed by atoms with E-state index >= 15 is 0 Å². The Morgan fingerprint density at radius 3 is 2.03 bits per heavy atom. The number of fused-ring (bicyclic) bond motifs is 2. The van der Waals surface area contributed by atoms with E-state index in [2.05, 4.69) is 17.1 Å². The predicted octanol–water partition coefficient (Wildman–Crippen LogP) is 6.58. The molecule has 1 amide bonds. The first-order valence-electron chi connectivity index (χ1n) is 12.2. The van der Waals surface area contributed by atoms with Crippen molar-refractivity contribution in [2.45, 2.75) is 24.5 Å². The molecule has 1 atom stereocenters. The Hall–Kier alpha value is -3.73. The summed E-state index contributed by atoms with van der Waals surface area (Å²) < 4.78 is 0. The van der Waals surface area contributed by atoms with Crippen LogP contribution >= 0.6 is 11.6 Å². The highest BCUT2D eigenvalue weighted by Crippen LogP contribution is 2.42. The lowest BCUT2D eigenvalue weighted by Gasteiger charge is -2.40. The standard InChI is InChI=1S/C31H25ClN2O2/c32-28-15-16-33-20-27(28)30(35)34-17-5-10-29(34)31(36,25-13-11-21-6-1-3-8-23(21)18-25)26-14-12-22-7-2-4-9-24(22)19-26/h1-4,6-9,11-16,18-20,29,36H,5,10,17H2/t29-/m0/s1. The van der Waals surface area contributed by atoms with Crippen molar-refractivity contribution in [1.29, 1.82) is 0 Å². The fourth-order valence-electron chi connectivity index (χ4n) is 5.54. The number of hydrogen-bond donors (Lipinski definition) is 1. The molecule has 1 aliphatic heterocycles. The molecule has 1 fully saturated rings. The minimum Gasteiger partial charge on any atom is -0.378 e. The molecule has 2 heterocycles. The number of rotatable bonds is 4. The summed E-state index contributed by atoms with van der Waals surface area (Å²) in [5, 5.41) is 17.4. The maximum absolute atomic E-state index is 13.7. The molecule has 1 aliphatic rings. The summed E-state index contributed by atoms with van der Waals surface area (Å²) in [7, 11) is 0. The van der Waals surface area contributed by atoms with Gasteiger partial charge in [0.05, 0.1) is 16.6 Å². The van der Waals surface area contributed by atoms with Crippen molar-refractivity contribution in [2.75, 3.05) is 6.54 Å². The van der Waals surface area contributed by atoms with Gasteiger partial charge in [-0.15, -0.1) is 0 Å². The Balaban J connectivity index is 1.54. The average Bonchev–Trinajstić information content (AvgIpc) is 3.42. The van der Waals surface area contributed by atoms with Crippen LogP contribution in [0.5, 0.6) is 0 Å². The third-order valence-electron chi connectivity index (χ3n) is 7.37. The number of halogens is 1. The second kappa shape index (κ2) is 9.05. The highest BCUT2D eigenvalue weighted by atomic mass is 35.5. The normalized spacial score (nSPS) is 16.1. The van der Waals surface area contributed by atoms with Crippen molar-refractivity contribution in [3.8, 4) is 0 Å². The molecule has 1 aromatic heterocycles. The lowest BCUT2D eigenvalue weighted by Crippen LogP contribution is -2.50. The molecule has 178 valence electrons. The predicted molar refractivity (Wildman–Crippen MR) is 144 cm³/mol. The zero-order chi connectivity index (χ0) is 24.7. The third-order valence-corrected chi connectivity index (χ3v) is 7.70. The zero-order valence-corrected chi connectivity index (χ0v) is 20.4. The first-order valence-corrected chi connectivity index (χ1v) is 12.5. The number of pyridine rings is 1. The lowest BCUT2D eigenvalue weighted by molar-refractivity contribution is -0.000559.